The first-order valence-electron chi connectivity index (χ1n) is 7.90. The van der Waals surface area contributed by atoms with E-state index in [9.17, 15) is 4.79 Å². The van der Waals surface area contributed by atoms with Gasteiger partial charge in [-0.15, -0.1) is 0 Å². The van der Waals surface area contributed by atoms with Crippen LogP contribution in [0.3, 0.4) is 0 Å². The van der Waals surface area contributed by atoms with E-state index in [0.717, 1.165) is 5.82 Å². The van der Waals surface area contributed by atoms with E-state index in [-0.39, 0.29) is 5.78 Å². The minimum absolute atomic E-state index is 0.142. The van der Waals surface area contributed by atoms with Gasteiger partial charge >= 0.3 is 0 Å². The standard InChI is InChI=1S/C20H16Cl2N2O2/c1-24-12-11-23-20(24)13-26-15-7-5-14(6-8-15)19(25)10-9-16-17(21)3-2-4-18(16)22/h2-12H,13H2,1H3. The molecule has 0 aliphatic heterocycles. The molecule has 1 aromatic heterocycles. The van der Waals surface area contributed by atoms with Crippen LogP contribution in [-0.2, 0) is 13.7 Å². The molecule has 0 spiro atoms. The van der Waals surface area contributed by atoms with Crippen molar-refractivity contribution in [3.05, 3.63) is 87.9 Å². The smallest absolute Gasteiger partial charge is 0.185 e. The molecule has 0 saturated carbocycles. The number of imidazole rings is 1. The summed E-state index contributed by atoms with van der Waals surface area (Å²) in [5.41, 5.74) is 1.17. The number of nitrogens with zero attached hydrogens (tertiary/aromatic N) is 2. The maximum absolute atomic E-state index is 12.3. The van der Waals surface area contributed by atoms with Crippen molar-refractivity contribution in [1.82, 2.24) is 9.55 Å². The summed E-state index contributed by atoms with van der Waals surface area (Å²) >= 11 is 12.2. The molecule has 6 heteroatoms. The monoisotopic (exact) mass is 386 g/mol. The number of aromatic nitrogens is 2. The predicted octanol–water partition coefficient (Wildman–Crippen LogP) is 5.20. The summed E-state index contributed by atoms with van der Waals surface area (Å²) in [6.07, 6.45) is 6.66. The Morgan fingerprint density at radius 2 is 1.85 bits per heavy atom. The lowest BCUT2D eigenvalue weighted by Gasteiger charge is -2.06. The van der Waals surface area contributed by atoms with E-state index < -0.39 is 0 Å². The maximum Gasteiger partial charge on any atom is 0.185 e. The number of hydrogen-bond donors (Lipinski definition) is 0. The largest absolute Gasteiger partial charge is 0.486 e. The van der Waals surface area contributed by atoms with Gasteiger partial charge in [-0.05, 0) is 48.6 Å². The normalized spacial score (nSPS) is 11.0. The second kappa shape index (κ2) is 8.21. The summed E-state index contributed by atoms with van der Waals surface area (Å²) in [6.45, 7) is 0.363. The van der Waals surface area contributed by atoms with Crippen molar-refractivity contribution in [3.63, 3.8) is 0 Å². The van der Waals surface area contributed by atoms with Crippen LogP contribution < -0.4 is 4.74 Å². The molecule has 0 saturated heterocycles. The van der Waals surface area contributed by atoms with Crippen molar-refractivity contribution in [2.75, 3.05) is 0 Å². The van der Waals surface area contributed by atoms with Crippen molar-refractivity contribution in [2.24, 2.45) is 7.05 Å². The van der Waals surface area contributed by atoms with Gasteiger partial charge in [0.05, 0.1) is 0 Å². The van der Waals surface area contributed by atoms with Gasteiger partial charge in [0.25, 0.3) is 0 Å². The molecular weight excluding hydrogens is 371 g/mol. The lowest BCUT2D eigenvalue weighted by molar-refractivity contribution is 0.104. The molecule has 0 amide bonds. The van der Waals surface area contributed by atoms with E-state index in [1.54, 1.807) is 54.7 Å². The summed E-state index contributed by atoms with van der Waals surface area (Å²) in [5, 5.41) is 0.999. The highest BCUT2D eigenvalue weighted by atomic mass is 35.5. The summed E-state index contributed by atoms with van der Waals surface area (Å²) < 4.78 is 7.57. The molecule has 26 heavy (non-hydrogen) atoms. The Bertz CT molecular complexity index is 926. The minimum Gasteiger partial charge on any atom is -0.486 e. The van der Waals surface area contributed by atoms with Crippen LogP contribution in [-0.4, -0.2) is 15.3 Å². The number of carbonyl (C=O) groups is 1. The van der Waals surface area contributed by atoms with E-state index in [1.807, 2.05) is 17.8 Å². The van der Waals surface area contributed by atoms with E-state index in [0.29, 0.717) is 33.5 Å². The van der Waals surface area contributed by atoms with Crippen molar-refractivity contribution < 1.29 is 9.53 Å². The zero-order valence-corrected chi connectivity index (χ0v) is 15.5. The quantitative estimate of drug-likeness (QED) is 0.431. The van der Waals surface area contributed by atoms with Crippen LogP contribution in [0.4, 0.5) is 0 Å². The van der Waals surface area contributed by atoms with Crippen LogP contribution in [0.1, 0.15) is 21.7 Å². The molecular formula is C20H16Cl2N2O2. The lowest BCUT2D eigenvalue weighted by Crippen LogP contribution is -2.03. The lowest BCUT2D eigenvalue weighted by atomic mass is 10.1. The SMILES string of the molecule is Cn1ccnc1COc1ccc(C(=O)C=Cc2c(Cl)cccc2Cl)cc1. The molecule has 3 rings (SSSR count). The van der Waals surface area contributed by atoms with Crippen molar-refractivity contribution >= 4 is 35.1 Å². The van der Waals surface area contributed by atoms with Crippen molar-refractivity contribution in [3.8, 4) is 5.75 Å². The van der Waals surface area contributed by atoms with Gasteiger partial charge in [-0.25, -0.2) is 4.98 Å². The molecule has 132 valence electrons. The molecule has 2 aromatic carbocycles. The highest BCUT2D eigenvalue weighted by Crippen LogP contribution is 2.25. The number of ether oxygens (including phenoxy) is 1. The maximum atomic E-state index is 12.3. The third-order valence-corrected chi connectivity index (χ3v) is 4.49. The second-order valence-electron chi connectivity index (χ2n) is 5.60. The molecule has 4 nitrogen and oxygen atoms in total. The molecule has 0 N–H and O–H groups in total. The molecule has 0 bridgehead atoms. The number of rotatable bonds is 6. The zero-order chi connectivity index (χ0) is 18.5. The first-order chi connectivity index (χ1) is 12.5. The molecule has 0 radical (unpaired) electrons. The van der Waals surface area contributed by atoms with E-state index in [1.165, 1.54) is 6.08 Å². The van der Waals surface area contributed by atoms with Gasteiger partial charge in [0.2, 0.25) is 0 Å². The number of hydrogen-bond acceptors (Lipinski definition) is 3. The minimum atomic E-state index is -0.142. The van der Waals surface area contributed by atoms with Crippen LogP contribution in [0.15, 0.2) is 60.9 Å². The zero-order valence-electron chi connectivity index (χ0n) is 14.0. The Morgan fingerprint density at radius 1 is 1.15 bits per heavy atom. The third-order valence-electron chi connectivity index (χ3n) is 3.83. The van der Waals surface area contributed by atoms with Crippen LogP contribution in [0, 0.1) is 0 Å². The summed E-state index contributed by atoms with van der Waals surface area (Å²) in [6, 6.07) is 12.2. The summed E-state index contributed by atoms with van der Waals surface area (Å²) in [4.78, 5) is 16.5. The highest BCUT2D eigenvalue weighted by molar-refractivity contribution is 6.37. The van der Waals surface area contributed by atoms with Gasteiger partial charge in [0.15, 0.2) is 5.78 Å². The van der Waals surface area contributed by atoms with Gasteiger partial charge in [-0.1, -0.05) is 29.3 Å². The Kier molecular flexibility index (Phi) is 5.76. The fraction of sp³-hybridized carbons (Fsp3) is 0.100. The number of aryl methyl sites for hydroxylation is 1. The van der Waals surface area contributed by atoms with Gasteiger partial charge in [-0.3, -0.25) is 4.79 Å². The third kappa shape index (κ3) is 4.34. The van der Waals surface area contributed by atoms with Crippen LogP contribution in [0.5, 0.6) is 5.75 Å². The van der Waals surface area contributed by atoms with Gasteiger partial charge in [0.1, 0.15) is 18.2 Å². The Hall–Kier alpha value is -2.56. The fourth-order valence-corrected chi connectivity index (χ4v) is 2.85. The first kappa shape index (κ1) is 18.2. The Morgan fingerprint density at radius 3 is 2.46 bits per heavy atom. The highest BCUT2D eigenvalue weighted by Gasteiger charge is 2.06. The van der Waals surface area contributed by atoms with Gasteiger partial charge in [-0.2, -0.15) is 0 Å². The molecule has 0 atom stereocenters. The fourth-order valence-electron chi connectivity index (χ4n) is 2.32. The van der Waals surface area contributed by atoms with E-state index in [2.05, 4.69) is 4.98 Å². The molecule has 0 fully saturated rings. The molecule has 0 aliphatic carbocycles. The number of benzene rings is 2. The molecule has 0 aliphatic rings. The second-order valence-corrected chi connectivity index (χ2v) is 6.41. The topological polar surface area (TPSA) is 44.1 Å². The predicted molar refractivity (Wildman–Crippen MR) is 104 cm³/mol. The summed E-state index contributed by atoms with van der Waals surface area (Å²) in [7, 11) is 1.91. The van der Waals surface area contributed by atoms with Gasteiger partial charge < -0.3 is 9.30 Å². The van der Waals surface area contributed by atoms with Crippen LogP contribution in [0.25, 0.3) is 6.08 Å². The molecule has 0 unspecified atom stereocenters. The Balaban J connectivity index is 1.65. The van der Waals surface area contributed by atoms with E-state index in [4.69, 9.17) is 27.9 Å². The number of carbonyl (C=O) groups excluding carboxylic acids is 1. The summed E-state index contributed by atoms with van der Waals surface area (Å²) in [5.74, 6) is 1.35. The van der Waals surface area contributed by atoms with Crippen LogP contribution in [0.2, 0.25) is 10.0 Å². The number of ketones is 1. The molecule has 3 aromatic rings. The van der Waals surface area contributed by atoms with Crippen molar-refractivity contribution in [2.45, 2.75) is 6.61 Å². The first-order valence-corrected chi connectivity index (χ1v) is 8.65. The Labute approximate surface area is 161 Å². The number of allylic oxidation sites excluding steroid dienone is 1. The average Bonchev–Trinajstić information content (AvgIpc) is 3.05. The van der Waals surface area contributed by atoms with Crippen molar-refractivity contribution in [1.29, 1.82) is 0 Å². The number of halogens is 2. The average molecular weight is 387 g/mol. The van der Waals surface area contributed by atoms with Crippen LogP contribution >= 0.6 is 23.2 Å². The van der Waals surface area contributed by atoms with Gasteiger partial charge in [0, 0.05) is 40.6 Å². The molecule has 1 heterocycles. The van der Waals surface area contributed by atoms with E-state index >= 15 is 0 Å².